The lowest BCUT2D eigenvalue weighted by molar-refractivity contribution is 0.288. The fourth-order valence-electron chi connectivity index (χ4n) is 3.85. The smallest absolute Gasteiger partial charge is 0.164 e. The van der Waals surface area contributed by atoms with E-state index in [-0.39, 0.29) is 0 Å². The van der Waals surface area contributed by atoms with Crippen molar-refractivity contribution in [1.29, 1.82) is 0 Å². The molecule has 0 saturated heterocycles. The van der Waals surface area contributed by atoms with Crippen molar-refractivity contribution in [2.24, 2.45) is 11.8 Å². The van der Waals surface area contributed by atoms with Crippen molar-refractivity contribution in [3.8, 4) is 34.5 Å². The first-order valence-electron chi connectivity index (χ1n) is 10.5. The molecule has 1 aliphatic rings. The number of allylic oxidation sites excluding steroid dienone is 2. The topological polar surface area (TPSA) is 55.4 Å². The molecule has 6 nitrogen and oxygen atoms in total. The van der Waals surface area contributed by atoms with Crippen LogP contribution in [0.3, 0.4) is 0 Å². The van der Waals surface area contributed by atoms with E-state index in [1.165, 1.54) is 0 Å². The Morgan fingerprint density at radius 3 is 1.09 bits per heavy atom. The number of hydrogen-bond donors (Lipinski definition) is 0. The molecule has 2 atom stereocenters. The second-order valence-corrected chi connectivity index (χ2v) is 7.52. The maximum Gasteiger partial charge on any atom is 0.164 e. The van der Waals surface area contributed by atoms with Crippen LogP contribution in [0.5, 0.6) is 34.5 Å². The molecule has 0 amide bonds. The zero-order chi connectivity index (χ0) is 23.1. The maximum absolute atomic E-state index is 5.53. The van der Waals surface area contributed by atoms with Gasteiger partial charge in [0.1, 0.15) is 11.5 Å². The Hall–Kier alpha value is -3.28. The van der Waals surface area contributed by atoms with Gasteiger partial charge in [-0.05, 0) is 36.8 Å². The lowest BCUT2D eigenvalue weighted by atomic mass is 9.73. The average molecular weight is 441 g/mol. The first kappa shape index (κ1) is 23.4. The van der Waals surface area contributed by atoms with Crippen molar-refractivity contribution >= 4 is 12.2 Å². The molecular formula is C26H32O6. The summed E-state index contributed by atoms with van der Waals surface area (Å²) in [5.74, 6) is 5.06. The number of rotatable bonds is 10. The molecule has 0 radical (unpaired) electrons. The normalized spacial score (nSPS) is 17.8. The molecule has 172 valence electrons. The Labute approximate surface area is 190 Å². The largest absolute Gasteiger partial charge is 0.496 e. The van der Waals surface area contributed by atoms with E-state index in [1.54, 1.807) is 42.7 Å². The van der Waals surface area contributed by atoms with Crippen molar-refractivity contribution < 1.29 is 28.4 Å². The van der Waals surface area contributed by atoms with Gasteiger partial charge < -0.3 is 28.4 Å². The first-order valence-corrected chi connectivity index (χ1v) is 10.5. The van der Waals surface area contributed by atoms with Crippen LogP contribution in [-0.4, -0.2) is 42.7 Å². The van der Waals surface area contributed by atoms with E-state index in [2.05, 4.69) is 24.3 Å². The quantitative estimate of drug-likeness (QED) is 0.487. The highest BCUT2D eigenvalue weighted by Crippen LogP contribution is 2.41. The molecular weight excluding hydrogens is 408 g/mol. The van der Waals surface area contributed by atoms with Crippen LogP contribution in [0.15, 0.2) is 36.4 Å². The molecule has 1 saturated carbocycles. The van der Waals surface area contributed by atoms with E-state index in [9.17, 15) is 0 Å². The van der Waals surface area contributed by atoms with Crippen LogP contribution in [0.25, 0.3) is 12.2 Å². The molecule has 0 heterocycles. The van der Waals surface area contributed by atoms with Crippen molar-refractivity contribution in [2.45, 2.75) is 12.8 Å². The molecule has 1 aliphatic carbocycles. The molecule has 0 aliphatic heterocycles. The van der Waals surface area contributed by atoms with Crippen LogP contribution >= 0.6 is 0 Å². The van der Waals surface area contributed by atoms with Crippen LogP contribution in [0, 0.1) is 11.8 Å². The molecule has 0 aromatic heterocycles. The minimum atomic E-state index is 0.454. The van der Waals surface area contributed by atoms with Gasteiger partial charge in [-0.25, -0.2) is 0 Å². The van der Waals surface area contributed by atoms with Gasteiger partial charge in [0.2, 0.25) is 0 Å². The van der Waals surface area contributed by atoms with Gasteiger partial charge in [0.05, 0.1) is 42.7 Å². The van der Waals surface area contributed by atoms with Gasteiger partial charge in [-0.2, -0.15) is 0 Å². The third-order valence-electron chi connectivity index (χ3n) is 5.90. The summed E-state index contributed by atoms with van der Waals surface area (Å²) < 4.78 is 32.7. The highest BCUT2D eigenvalue weighted by atomic mass is 16.5. The van der Waals surface area contributed by atoms with Gasteiger partial charge in [0, 0.05) is 23.3 Å². The summed E-state index contributed by atoms with van der Waals surface area (Å²) in [6, 6.07) is 7.57. The molecule has 0 unspecified atom stereocenters. The highest BCUT2D eigenvalue weighted by molar-refractivity contribution is 5.65. The summed E-state index contributed by atoms with van der Waals surface area (Å²) in [6.45, 7) is 0. The Morgan fingerprint density at radius 2 is 0.812 bits per heavy atom. The van der Waals surface area contributed by atoms with E-state index in [4.69, 9.17) is 28.4 Å². The fraction of sp³-hybridized carbons (Fsp3) is 0.385. The van der Waals surface area contributed by atoms with Crippen molar-refractivity contribution in [1.82, 2.24) is 0 Å². The van der Waals surface area contributed by atoms with Crippen LogP contribution < -0.4 is 28.4 Å². The zero-order valence-electron chi connectivity index (χ0n) is 19.6. The Bertz CT molecular complexity index is 899. The fourth-order valence-corrected chi connectivity index (χ4v) is 3.85. The Morgan fingerprint density at radius 1 is 0.500 bits per heavy atom. The number of ether oxygens (including phenoxy) is 6. The molecule has 2 aromatic rings. The molecule has 6 heteroatoms. The summed E-state index contributed by atoms with van der Waals surface area (Å²) in [7, 11) is 9.81. The molecule has 3 rings (SSSR count). The van der Waals surface area contributed by atoms with Crippen LogP contribution in [-0.2, 0) is 0 Å². The SMILES string of the molecule is COc1cc(OC)c(OC)cc1/C=C\[C@@H]1CC[C@H]1/C=C/c1cc(OC)c(OC)cc1OC. The van der Waals surface area contributed by atoms with Gasteiger partial charge >= 0.3 is 0 Å². The van der Waals surface area contributed by atoms with Gasteiger partial charge in [-0.3, -0.25) is 0 Å². The Kier molecular flexibility index (Phi) is 7.92. The molecule has 0 N–H and O–H groups in total. The van der Waals surface area contributed by atoms with E-state index in [0.717, 1.165) is 35.5 Å². The molecule has 0 spiro atoms. The predicted octanol–water partition coefficient (Wildman–Crippen LogP) is 5.49. The summed E-state index contributed by atoms with van der Waals surface area (Å²) in [5.41, 5.74) is 1.92. The number of benzene rings is 2. The van der Waals surface area contributed by atoms with Crippen molar-refractivity contribution in [3.05, 3.63) is 47.5 Å². The van der Waals surface area contributed by atoms with Gasteiger partial charge in [-0.1, -0.05) is 24.3 Å². The molecule has 32 heavy (non-hydrogen) atoms. The van der Waals surface area contributed by atoms with Gasteiger partial charge in [0.25, 0.3) is 0 Å². The average Bonchev–Trinajstić information content (AvgIpc) is 2.82. The number of methoxy groups -OCH3 is 6. The maximum atomic E-state index is 5.53. The second kappa shape index (κ2) is 10.8. The number of hydrogen-bond acceptors (Lipinski definition) is 6. The van der Waals surface area contributed by atoms with Crippen molar-refractivity contribution in [3.63, 3.8) is 0 Å². The molecule has 0 bridgehead atoms. The standard InChI is InChI=1S/C26H32O6/c1-27-21-15-25(31-5)23(29-3)13-19(21)11-9-17-7-8-18(17)10-12-20-14-24(30-4)26(32-6)16-22(20)28-2/h9-18H,7-8H2,1-6H3/b11-9-,12-10+/t17-,18-/m0/s1. The Balaban J connectivity index is 1.77. The minimum Gasteiger partial charge on any atom is -0.496 e. The molecule has 1 fully saturated rings. The van der Waals surface area contributed by atoms with E-state index in [0.29, 0.717) is 34.8 Å². The zero-order valence-corrected chi connectivity index (χ0v) is 19.6. The lowest BCUT2D eigenvalue weighted by Crippen LogP contribution is -2.21. The van der Waals surface area contributed by atoms with Crippen LogP contribution in [0.2, 0.25) is 0 Å². The summed E-state index contributed by atoms with van der Waals surface area (Å²) in [6.07, 6.45) is 11.0. The first-order chi connectivity index (χ1) is 15.6. The van der Waals surface area contributed by atoms with Crippen LogP contribution in [0.1, 0.15) is 24.0 Å². The lowest BCUT2D eigenvalue weighted by Gasteiger charge is -2.32. The van der Waals surface area contributed by atoms with E-state index < -0.39 is 0 Å². The minimum absolute atomic E-state index is 0.454. The van der Waals surface area contributed by atoms with Gasteiger partial charge in [-0.15, -0.1) is 0 Å². The summed E-state index contributed by atoms with van der Waals surface area (Å²) in [4.78, 5) is 0. The van der Waals surface area contributed by atoms with Crippen molar-refractivity contribution in [2.75, 3.05) is 42.7 Å². The monoisotopic (exact) mass is 440 g/mol. The summed E-state index contributed by atoms with van der Waals surface area (Å²) >= 11 is 0. The van der Waals surface area contributed by atoms with E-state index >= 15 is 0 Å². The third-order valence-corrected chi connectivity index (χ3v) is 5.90. The predicted molar refractivity (Wildman–Crippen MR) is 126 cm³/mol. The highest BCUT2D eigenvalue weighted by Gasteiger charge is 2.26. The van der Waals surface area contributed by atoms with Gasteiger partial charge in [0.15, 0.2) is 23.0 Å². The summed E-state index contributed by atoms with van der Waals surface area (Å²) in [5, 5.41) is 0. The van der Waals surface area contributed by atoms with E-state index in [1.807, 2.05) is 24.3 Å². The third kappa shape index (κ3) is 4.96. The van der Waals surface area contributed by atoms with Crippen LogP contribution in [0.4, 0.5) is 0 Å². The second-order valence-electron chi connectivity index (χ2n) is 7.52. The molecule has 2 aromatic carbocycles.